The molecule has 0 bridgehead atoms. The maximum atomic E-state index is 12.4. The lowest BCUT2D eigenvalue weighted by atomic mass is 10.1. The Balaban J connectivity index is 1.63. The molecule has 6 nitrogen and oxygen atoms in total. The third-order valence-electron chi connectivity index (χ3n) is 4.63. The molecule has 0 aliphatic heterocycles. The van der Waals surface area contributed by atoms with Crippen LogP contribution in [0.15, 0.2) is 53.7 Å². The van der Waals surface area contributed by atoms with Crippen LogP contribution in [0.1, 0.15) is 44.3 Å². The van der Waals surface area contributed by atoms with Crippen LogP contribution in [-0.4, -0.2) is 26.4 Å². The lowest BCUT2D eigenvalue weighted by Gasteiger charge is -2.17. The molecule has 3 rings (SSSR count). The van der Waals surface area contributed by atoms with Gasteiger partial charge in [0.2, 0.25) is 5.91 Å². The van der Waals surface area contributed by atoms with Gasteiger partial charge in [-0.1, -0.05) is 65.3 Å². The third kappa shape index (κ3) is 6.15. The van der Waals surface area contributed by atoms with Crippen LogP contribution in [0.2, 0.25) is 10.0 Å². The van der Waals surface area contributed by atoms with E-state index in [1.165, 1.54) is 11.8 Å². The van der Waals surface area contributed by atoms with Gasteiger partial charge in [-0.3, -0.25) is 4.79 Å². The average Bonchev–Trinajstić information content (AvgIpc) is 3.18. The second kappa shape index (κ2) is 10.9. The largest absolute Gasteiger partial charge is 0.481 e. The molecule has 2 unspecified atom stereocenters. The van der Waals surface area contributed by atoms with Crippen molar-refractivity contribution >= 4 is 40.9 Å². The van der Waals surface area contributed by atoms with Crippen molar-refractivity contribution in [3.05, 3.63) is 70.0 Å². The van der Waals surface area contributed by atoms with Crippen molar-refractivity contribution in [2.24, 2.45) is 0 Å². The lowest BCUT2D eigenvalue weighted by molar-refractivity contribution is -0.119. The molecule has 0 saturated carbocycles. The van der Waals surface area contributed by atoms with Gasteiger partial charge in [0, 0.05) is 17.6 Å². The first-order chi connectivity index (χ1) is 14.9. The van der Waals surface area contributed by atoms with Gasteiger partial charge in [-0.25, -0.2) is 0 Å². The highest BCUT2D eigenvalue weighted by atomic mass is 35.5. The van der Waals surface area contributed by atoms with Crippen molar-refractivity contribution < 1.29 is 9.53 Å². The molecule has 31 heavy (non-hydrogen) atoms. The van der Waals surface area contributed by atoms with Gasteiger partial charge in [-0.15, -0.1) is 10.2 Å². The molecule has 0 radical (unpaired) electrons. The molecule has 164 valence electrons. The molecule has 0 spiro atoms. The molecule has 1 amide bonds. The molecule has 1 aromatic heterocycles. The van der Waals surface area contributed by atoms with Gasteiger partial charge in [0.05, 0.1) is 16.8 Å². The predicted octanol–water partition coefficient (Wildman–Crippen LogP) is 5.71. The molecule has 1 N–H and O–H groups in total. The number of hydrogen-bond donors (Lipinski definition) is 1. The highest BCUT2D eigenvalue weighted by molar-refractivity contribution is 7.99. The highest BCUT2D eigenvalue weighted by Gasteiger charge is 2.20. The van der Waals surface area contributed by atoms with E-state index in [0.29, 0.717) is 33.3 Å². The number of ether oxygens (including phenoxy) is 1. The van der Waals surface area contributed by atoms with Gasteiger partial charge in [0.15, 0.2) is 17.1 Å². The van der Waals surface area contributed by atoms with E-state index in [0.717, 1.165) is 5.56 Å². The Kier molecular flexibility index (Phi) is 8.23. The van der Waals surface area contributed by atoms with Gasteiger partial charge >= 0.3 is 0 Å². The number of carbonyl (C=O) groups excluding carboxylic acids is 1. The first-order valence-electron chi connectivity index (χ1n) is 9.91. The lowest BCUT2D eigenvalue weighted by Crippen LogP contribution is -2.28. The Bertz CT molecular complexity index is 1030. The summed E-state index contributed by atoms with van der Waals surface area (Å²) in [4.78, 5) is 12.4. The molecular weight excluding hydrogens is 455 g/mol. The number of hydrogen-bond acceptors (Lipinski definition) is 5. The van der Waals surface area contributed by atoms with E-state index in [9.17, 15) is 4.79 Å². The molecule has 2 aromatic carbocycles. The van der Waals surface area contributed by atoms with Crippen LogP contribution in [0.25, 0.3) is 0 Å². The Hall–Kier alpha value is -2.22. The van der Waals surface area contributed by atoms with Crippen molar-refractivity contribution in [3.63, 3.8) is 0 Å². The van der Waals surface area contributed by atoms with E-state index < -0.39 is 6.10 Å². The van der Waals surface area contributed by atoms with Crippen molar-refractivity contribution in [1.82, 2.24) is 20.1 Å². The second-order valence-electron chi connectivity index (χ2n) is 6.91. The number of rotatable bonds is 9. The summed E-state index contributed by atoms with van der Waals surface area (Å²) in [5, 5.41) is 13.2. The van der Waals surface area contributed by atoms with E-state index in [-0.39, 0.29) is 17.7 Å². The van der Waals surface area contributed by atoms with Crippen molar-refractivity contribution in [2.45, 2.75) is 44.6 Å². The molecule has 3 aromatic rings. The number of thioether (sulfide) groups is 1. The van der Waals surface area contributed by atoms with Crippen molar-refractivity contribution in [3.8, 4) is 5.75 Å². The van der Waals surface area contributed by atoms with E-state index in [4.69, 9.17) is 27.9 Å². The molecule has 9 heteroatoms. The maximum Gasteiger partial charge on any atom is 0.230 e. The number of carbonyl (C=O) groups is 1. The van der Waals surface area contributed by atoms with Crippen LogP contribution in [-0.2, 0) is 11.3 Å². The van der Waals surface area contributed by atoms with E-state index >= 15 is 0 Å². The smallest absolute Gasteiger partial charge is 0.230 e. The Morgan fingerprint density at radius 2 is 1.90 bits per heavy atom. The van der Waals surface area contributed by atoms with Crippen LogP contribution in [0.5, 0.6) is 5.75 Å². The Morgan fingerprint density at radius 3 is 2.61 bits per heavy atom. The Labute approximate surface area is 196 Å². The fraction of sp³-hybridized carbons (Fsp3) is 0.318. The fourth-order valence-corrected chi connectivity index (χ4v) is 4.20. The highest BCUT2D eigenvalue weighted by Crippen LogP contribution is 2.32. The monoisotopic (exact) mass is 478 g/mol. The minimum Gasteiger partial charge on any atom is -0.481 e. The zero-order chi connectivity index (χ0) is 22.4. The van der Waals surface area contributed by atoms with E-state index in [2.05, 4.69) is 15.5 Å². The molecule has 1 heterocycles. The quantitative estimate of drug-likeness (QED) is 0.398. The first kappa shape index (κ1) is 23.4. The van der Waals surface area contributed by atoms with Crippen LogP contribution in [0, 0.1) is 0 Å². The van der Waals surface area contributed by atoms with Crippen LogP contribution in [0.3, 0.4) is 0 Å². The standard InChI is InChI=1S/C22H24Cl2N4O2S/c1-4-28-21(15(3)30-19-12-17(23)10-11-18(19)24)26-27-22(28)31-13-20(29)25-14(2)16-8-6-5-7-9-16/h5-12,14-15H,4,13H2,1-3H3,(H,25,29). The molecular formula is C22H24Cl2N4O2S. The first-order valence-corrected chi connectivity index (χ1v) is 11.6. The summed E-state index contributed by atoms with van der Waals surface area (Å²) >= 11 is 13.6. The summed E-state index contributed by atoms with van der Waals surface area (Å²) in [6.45, 7) is 6.47. The zero-order valence-corrected chi connectivity index (χ0v) is 19.8. The summed E-state index contributed by atoms with van der Waals surface area (Å²) < 4.78 is 7.90. The fourth-order valence-electron chi connectivity index (χ4n) is 3.05. The van der Waals surface area contributed by atoms with Crippen LogP contribution >= 0.6 is 35.0 Å². The molecule has 2 atom stereocenters. The summed E-state index contributed by atoms with van der Waals surface area (Å²) in [7, 11) is 0. The number of halogens is 2. The van der Waals surface area contributed by atoms with Gasteiger partial charge < -0.3 is 14.6 Å². The van der Waals surface area contributed by atoms with E-state index in [1.54, 1.807) is 18.2 Å². The zero-order valence-electron chi connectivity index (χ0n) is 17.5. The topological polar surface area (TPSA) is 69.0 Å². The minimum atomic E-state index is -0.398. The molecule has 0 fully saturated rings. The number of amides is 1. The van der Waals surface area contributed by atoms with Crippen LogP contribution < -0.4 is 10.1 Å². The SMILES string of the molecule is CCn1c(SCC(=O)NC(C)c2ccccc2)nnc1C(C)Oc1cc(Cl)ccc1Cl. The van der Waals surface area contributed by atoms with Crippen molar-refractivity contribution in [2.75, 3.05) is 5.75 Å². The van der Waals surface area contributed by atoms with Gasteiger partial charge in [0.1, 0.15) is 5.75 Å². The normalized spacial score (nSPS) is 12.9. The molecule has 0 saturated heterocycles. The maximum absolute atomic E-state index is 12.4. The van der Waals surface area contributed by atoms with Gasteiger partial charge in [-0.2, -0.15) is 0 Å². The van der Waals surface area contributed by atoms with Gasteiger partial charge in [0.25, 0.3) is 0 Å². The summed E-state index contributed by atoms with van der Waals surface area (Å²) in [6, 6.07) is 14.8. The van der Waals surface area contributed by atoms with Gasteiger partial charge in [-0.05, 0) is 38.5 Å². The minimum absolute atomic E-state index is 0.0650. The van der Waals surface area contributed by atoms with Crippen molar-refractivity contribution in [1.29, 1.82) is 0 Å². The van der Waals surface area contributed by atoms with Crippen LogP contribution in [0.4, 0.5) is 0 Å². The summed E-state index contributed by atoms with van der Waals surface area (Å²) in [6.07, 6.45) is -0.398. The predicted molar refractivity (Wildman–Crippen MR) is 125 cm³/mol. The molecule has 0 aliphatic rings. The Morgan fingerprint density at radius 1 is 1.16 bits per heavy atom. The number of aromatic nitrogens is 3. The van der Waals surface area contributed by atoms with E-state index in [1.807, 2.05) is 55.7 Å². The summed E-state index contributed by atoms with van der Waals surface area (Å²) in [5.41, 5.74) is 1.06. The number of benzene rings is 2. The number of nitrogens with zero attached hydrogens (tertiary/aromatic N) is 3. The number of nitrogens with one attached hydrogen (secondary N) is 1. The summed E-state index contributed by atoms with van der Waals surface area (Å²) in [5.74, 6) is 1.31. The average molecular weight is 479 g/mol. The third-order valence-corrected chi connectivity index (χ3v) is 6.15. The second-order valence-corrected chi connectivity index (χ2v) is 8.69. The molecule has 0 aliphatic carbocycles.